The highest BCUT2D eigenvalue weighted by Gasteiger charge is 2.22. The van der Waals surface area contributed by atoms with Crippen LogP contribution in [0.25, 0.3) is 0 Å². The van der Waals surface area contributed by atoms with Crippen LogP contribution in [0.3, 0.4) is 0 Å². The van der Waals surface area contributed by atoms with Crippen molar-refractivity contribution in [2.24, 2.45) is 0 Å². The number of hydrogen-bond donors (Lipinski definition) is 0. The molecule has 1 fully saturated rings. The predicted molar refractivity (Wildman–Crippen MR) is 100 cm³/mol. The monoisotopic (exact) mass is 389 g/mol. The van der Waals surface area contributed by atoms with Gasteiger partial charge in [0.25, 0.3) is 5.91 Å². The number of nitrogens with zero attached hydrogens (tertiary/aromatic N) is 3. The summed E-state index contributed by atoms with van der Waals surface area (Å²) < 4.78 is 23.5. The van der Waals surface area contributed by atoms with Gasteiger partial charge in [0.1, 0.15) is 11.6 Å². The van der Waals surface area contributed by atoms with E-state index in [1.54, 1.807) is 17.0 Å². The number of piperazine rings is 1. The van der Waals surface area contributed by atoms with E-state index in [0.29, 0.717) is 31.9 Å². The summed E-state index contributed by atoms with van der Waals surface area (Å²) in [5, 5.41) is 10.9. The molecule has 1 saturated heterocycles. The molecule has 9 heteroatoms. The Hall–Kier alpha value is -3.36. The third kappa shape index (κ3) is 4.48. The number of rotatable bonds is 6. The van der Waals surface area contributed by atoms with Crippen molar-refractivity contribution in [3.05, 3.63) is 58.4 Å². The van der Waals surface area contributed by atoms with Gasteiger partial charge >= 0.3 is 5.69 Å². The average Bonchev–Trinajstić information content (AvgIpc) is 2.72. The average molecular weight is 389 g/mol. The summed E-state index contributed by atoms with van der Waals surface area (Å²) in [6.07, 6.45) is 0. The Balaban J connectivity index is 1.52. The van der Waals surface area contributed by atoms with Crippen LogP contribution in [0.2, 0.25) is 0 Å². The molecule has 2 aromatic rings. The molecule has 2 aromatic carbocycles. The maximum atomic E-state index is 13.0. The largest absolute Gasteiger partial charge is 0.490 e. The highest BCUT2D eigenvalue weighted by molar-refractivity contribution is 5.78. The molecule has 0 atom stereocenters. The van der Waals surface area contributed by atoms with Gasteiger partial charge in [-0.2, -0.15) is 0 Å². The molecule has 28 heavy (non-hydrogen) atoms. The number of carbonyl (C=O) groups excluding carboxylic acids is 1. The molecule has 0 aliphatic carbocycles. The Morgan fingerprint density at radius 1 is 1.14 bits per heavy atom. The molecule has 0 spiro atoms. The molecular formula is C19H20FN3O5. The Bertz CT molecular complexity index is 851. The zero-order chi connectivity index (χ0) is 20.1. The lowest BCUT2D eigenvalue weighted by atomic mass is 10.2. The molecule has 0 bridgehead atoms. The Kier molecular flexibility index (Phi) is 5.93. The molecule has 8 nitrogen and oxygen atoms in total. The van der Waals surface area contributed by atoms with E-state index in [2.05, 4.69) is 4.90 Å². The van der Waals surface area contributed by atoms with Gasteiger partial charge in [0.15, 0.2) is 6.61 Å². The van der Waals surface area contributed by atoms with Crippen LogP contribution in [-0.2, 0) is 4.79 Å². The number of halogens is 1. The second-order valence-electron chi connectivity index (χ2n) is 6.22. The van der Waals surface area contributed by atoms with Gasteiger partial charge in [0.05, 0.1) is 12.0 Å². The standard InChI is InChI=1S/C19H20FN3O5/c1-27-18-12-16(6-7-17(18)23(25)26)28-13-19(24)22-10-8-21(9-11-22)15-4-2-14(20)3-5-15/h2-7,12H,8-11,13H2,1H3. The normalized spacial score (nSPS) is 13.9. The van der Waals surface area contributed by atoms with Crippen LogP contribution in [-0.4, -0.2) is 55.6 Å². The van der Waals surface area contributed by atoms with Crippen LogP contribution in [0.15, 0.2) is 42.5 Å². The quantitative estimate of drug-likeness (QED) is 0.557. The second-order valence-corrected chi connectivity index (χ2v) is 6.22. The smallest absolute Gasteiger partial charge is 0.311 e. The summed E-state index contributed by atoms with van der Waals surface area (Å²) in [6, 6.07) is 10.4. The van der Waals surface area contributed by atoms with Crippen molar-refractivity contribution in [3.8, 4) is 11.5 Å². The van der Waals surface area contributed by atoms with Crippen molar-refractivity contribution in [1.82, 2.24) is 4.90 Å². The molecule has 0 saturated carbocycles. The van der Waals surface area contributed by atoms with E-state index in [4.69, 9.17) is 9.47 Å². The van der Waals surface area contributed by atoms with Crippen LogP contribution in [0.1, 0.15) is 0 Å². The number of ether oxygens (including phenoxy) is 2. The molecule has 148 valence electrons. The summed E-state index contributed by atoms with van der Waals surface area (Å²) in [5.41, 5.74) is 0.751. The molecule has 1 amide bonds. The molecule has 0 aromatic heterocycles. The third-order valence-electron chi connectivity index (χ3n) is 4.53. The molecule has 1 heterocycles. The maximum Gasteiger partial charge on any atom is 0.311 e. The minimum atomic E-state index is -0.547. The zero-order valence-electron chi connectivity index (χ0n) is 15.3. The van der Waals surface area contributed by atoms with Gasteiger partial charge in [0.2, 0.25) is 5.75 Å². The molecular weight excluding hydrogens is 369 g/mol. The number of nitro groups is 1. The Morgan fingerprint density at radius 3 is 2.43 bits per heavy atom. The number of amides is 1. The topological polar surface area (TPSA) is 85.2 Å². The highest BCUT2D eigenvalue weighted by Crippen LogP contribution is 2.30. The first-order valence-electron chi connectivity index (χ1n) is 8.71. The number of methoxy groups -OCH3 is 1. The van der Waals surface area contributed by atoms with E-state index in [1.807, 2.05) is 0 Å². The number of benzene rings is 2. The van der Waals surface area contributed by atoms with Crippen molar-refractivity contribution in [1.29, 1.82) is 0 Å². The lowest BCUT2D eigenvalue weighted by molar-refractivity contribution is -0.385. The van der Waals surface area contributed by atoms with E-state index >= 15 is 0 Å². The summed E-state index contributed by atoms with van der Waals surface area (Å²) >= 11 is 0. The first-order chi connectivity index (χ1) is 13.5. The van der Waals surface area contributed by atoms with Gasteiger partial charge < -0.3 is 19.3 Å². The Labute approximate surface area is 161 Å². The zero-order valence-corrected chi connectivity index (χ0v) is 15.3. The van der Waals surface area contributed by atoms with Crippen LogP contribution in [0, 0.1) is 15.9 Å². The minimum Gasteiger partial charge on any atom is -0.490 e. The van der Waals surface area contributed by atoms with Crippen molar-refractivity contribution < 1.29 is 23.6 Å². The van der Waals surface area contributed by atoms with Crippen LogP contribution < -0.4 is 14.4 Å². The van der Waals surface area contributed by atoms with Gasteiger partial charge in [-0.25, -0.2) is 4.39 Å². The summed E-state index contributed by atoms with van der Waals surface area (Å²) in [7, 11) is 1.33. The van der Waals surface area contributed by atoms with E-state index in [-0.39, 0.29) is 29.8 Å². The van der Waals surface area contributed by atoms with Gasteiger partial charge in [-0.3, -0.25) is 14.9 Å². The van der Waals surface area contributed by atoms with Crippen LogP contribution >= 0.6 is 0 Å². The number of nitro benzene ring substituents is 1. The fraction of sp³-hybridized carbons (Fsp3) is 0.316. The van der Waals surface area contributed by atoms with Gasteiger partial charge in [-0.15, -0.1) is 0 Å². The van der Waals surface area contributed by atoms with Crippen LogP contribution in [0.4, 0.5) is 15.8 Å². The van der Waals surface area contributed by atoms with E-state index < -0.39 is 4.92 Å². The minimum absolute atomic E-state index is 0.0721. The van der Waals surface area contributed by atoms with Crippen molar-refractivity contribution in [2.45, 2.75) is 0 Å². The van der Waals surface area contributed by atoms with E-state index in [9.17, 15) is 19.3 Å². The van der Waals surface area contributed by atoms with Gasteiger partial charge in [0, 0.05) is 44.0 Å². The summed E-state index contributed by atoms with van der Waals surface area (Å²) in [6.45, 7) is 2.18. The maximum absolute atomic E-state index is 13.0. The van der Waals surface area contributed by atoms with Gasteiger partial charge in [-0.1, -0.05) is 0 Å². The highest BCUT2D eigenvalue weighted by atomic mass is 19.1. The molecule has 0 N–H and O–H groups in total. The first kappa shape index (κ1) is 19.4. The molecule has 0 unspecified atom stereocenters. The van der Waals surface area contributed by atoms with E-state index in [0.717, 1.165) is 5.69 Å². The van der Waals surface area contributed by atoms with Crippen molar-refractivity contribution in [3.63, 3.8) is 0 Å². The van der Waals surface area contributed by atoms with Crippen molar-refractivity contribution >= 4 is 17.3 Å². The number of carbonyl (C=O) groups is 1. The lowest BCUT2D eigenvalue weighted by Gasteiger charge is -2.36. The van der Waals surface area contributed by atoms with Crippen LogP contribution in [0.5, 0.6) is 11.5 Å². The fourth-order valence-corrected chi connectivity index (χ4v) is 3.00. The number of anilines is 1. The fourth-order valence-electron chi connectivity index (χ4n) is 3.00. The summed E-state index contributed by atoms with van der Waals surface area (Å²) in [4.78, 5) is 26.5. The van der Waals surface area contributed by atoms with Gasteiger partial charge in [-0.05, 0) is 30.3 Å². The predicted octanol–water partition coefficient (Wildman–Crippen LogP) is 2.47. The SMILES string of the molecule is COc1cc(OCC(=O)N2CCN(c3ccc(F)cc3)CC2)ccc1[N+](=O)[O-]. The second kappa shape index (κ2) is 8.55. The molecule has 3 rings (SSSR count). The van der Waals surface area contributed by atoms with E-state index in [1.165, 1.54) is 37.4 Å². The summed E-state index contributed by atoms with van der Waals surface area (Å²) in [5.74, 6) is -0.0581. The Morgan fingerprint density at radius 2 is 1.82 bits per heavy atom. The third-order valence-corrected chi connectivity index (χ3v) is 4.53. The molecule has 1 aliphatic rings. The first-order valence-corrected chi connectivity index (χ1v) is 8.71. The van der Waals surface area contributed by atoms with Crippen molar-refractivity contribution in [2.75, 3.05) is 44.8 Å². The lowest BCUT2D eigenvalue weighted by Crippen LogP contribution is -2.50. The number of hydrogen-bond acceptors (Lipinski definition) is 6. The molecule has 1 aliphatic heterocycles. The molecule has 0 radical (unpaired) electrons.